The molecule has 0 aliphatic carbocycles. The van der Waals surface area contributed by atoms with Crippen LogP contribution >= 0.6 is 0 Å². The van der Waals surface area contributed by atoms with Crippen LogP contribution in [-0.4, -0.2) is 37.3 Å². The third-order valence-electron chi connectivity index (χ3n) is 2.60. The van der Waals surface area contributed by atoms with E-state index >= 15 is 0 Å². The topological polar surface area (TPSA) is 127 Å². The highest BCUT2D eigenvalue weighted by molar-refractivity contribution is 7.90. The zero-order valence-electron chi connectivity index (χ0n) is 10.9. The summed E-state index contributed by atoms with van der Waals surface area (Å²) in [5.41, 5.74) is -5.15. The second kappa shape index (κ2) is 5.91. The molecule has 7 nitrogen and oxygen atoms in total. The molecule has 1 aromatic heterocycles. The second-order valence-corrected chi connectivity index (χ2v) is 6.59. The molecular formula is C11H8F3NO6S-2. The fraction of sp³-hybridized carbons (Fsp3) is 0.364. The monoisotopic (exact) mass is 339 g/mol. The Bertz CT molecular complexity index is 726. The molecule has 0 spiro atoms. The molecule has 1 rings (SSSR count). The van der Waals surface area contributed by atoms with E-state index in [2.05, 4.69) is 4.98 Å². The number of hydrogen-bond acceptors (Lipinski definition) is 7. The van der Waals surface area contributed by atoms with Crippen molar-refractivity contribution in [1.82, 2.24) is 4.98 Å². The minimum Gasteiger partial charge on any atom is -0.545 e. The van der Waals surface area contributed by atoms with Gasteiger partial charge in [-0.1, -0.05) is 0 Å². The molecule has 22 heavy (non-hydrogen) atoms. The van der Waals surface area contributed by atoms with Gasteiger partial charge in [-0.25, -0.2) is 8.42 Å². The summed E-state index contributed by atoms with van der Waals surface area (Å²) < 4.78 is 60.5. The average molecular weight is 339 g/mol. The normalized spacial score (nSPS) is 12.2. The number of carbonyl (C=O) groups excluding carboxylic acids is 2. The SMILES string of the molecule is CS(=O)(=O)CCc1c(C(=O)[O-])cnc(C(F)(F)F)c1C(=O)[O-]. The van der Waals surface area contributed by atoms with Gasteiger partial charge in [-0.2, -0.15) is 13.2 Å². The molecule has 0 aromatic carbocycles. The van der Waals surface area contributed by atoms with Gasteiger partial charge in [0, 0.05) is 23.6 Å². The molecule has 0 saturated carbocycles. The Labute approximate surface area is 122 Å². The molecule has 0 saturated heterocycles. The summed E-state index contributed by atoms with van der Waals surface area (Å²) in [4.78, 5) is 24.6. The minimum absolute atomic E-state index is 0.280. The van der Waals surface area contributed by atoms with Gasteiger partial charge in [0.05, 0.1) is 17.7 Å². The minimum atomic E-state index is -5.18. The summed E-state index contributed by atoms with van der Waals surface area (Å²) >= 11 is 0. The van der Waals surface area contributed by atoms with Crippen LogP contribution in [0.4, 0.5) is 13.2 Å². The van der Waals surface area contributed by atoms with Crippen molar-refractivity contribution < 1.29 is 41.4 Å². The number of pyridine rings is 1. The fourth-order valence-electron chi connectivity index (χ4n) is 1.71. The lowest BCUT2D eigenvalue weighted by molar-refractivity contribution is -0.256. The molecular weight excluding hydrogens is 331 g/mol. The zero-order chi connectivity index (χ0) is 17.3. The van der Waals surface area contributed by atoms with Gasteiger partial charge in [-0.05, 0) is 12.0 Å². The quantitative estimate of drug-likeness (QED) is 0.633. The molecule has 0 N–H and O–H groups in total. The maximum absolute atomic E-state index is 12.8. The van der Waals surface area contributed by atoms with Crippen LogP contribution in [-0.2, 0) is 22.4 Å². The van der Waals surface area contributed by atoms with E-state index in [0.29, 0.717) is 0 Å². The van der Waals surface area contributed by atoms with Crippen molar-refractivity contribution in [3.05, 3.63) is 28.6 Å². The van der Waals surface area contributed by atoms with Crippen molar-refractivity contribution in [2.45, 2.75) is 12.6 Å². The van der Waals surface area contributed by atoms with Gasteiger partial charge in [-0.3, -0.25) is 4.98 Å². The molecule has 0 amide bonds. The summed E-state index contributed by atoms with van der Waals surface area (Å²) in [7, 11) is -3.68. The van der Waals surface area contributed by atoms with E-state index in [1.54, 1.807) is 0 Å². The highest BCUT2D eigenvalue weighted by Crippen LogP contribution is 2.32. The number of carbonyl (C=O) groups is 2. The highest BCUT2D eigenvalue weighted by atomic mass is 32.2. The van der Waals surface area contributed by atoms with Crippen LogP contribution in [0.5, 0.6) is 0 Å². The molecule has 11 heteroatoms. The number of rotatable bonds is 5. The van der Waals surface area contributed by atoms with E-state index in [1.165, 1.54) is 0 Å². The van der Waals surface area contributed by atoms with E-state index < -0.39 is 62.5 Å². The van der Waals surface area contributed by atoms with Gasteiger partial charge in [0.25, 0.3) is 0 Å². The maximum atomic E-state index is 12.8. The average Bonchev–Trinajstić information content (AvgIpc) is 2.32. The van der Waals surface area contributed by atoms with E-state index in [-0.39, 0.29) is 6.20 Å². The van der Waals surface area contributed by atoms with Crippen LogP contribution in [0.3, 0.4) is 0 Å². The Kier molecular flexibility index (Phi) is 4.80. The van der Waals surface area contributed by atoms with Gasteiger partial charge in [0.2, 0.25) is 0 Å². The largest absolute Gasteiger partial charge is 0.545 e. The number of hydrogen-bond donors (Lipinski definition) is 0. The van der Waals surface area contributed by atoms with E-state index in [1.807, 2.05) is 0 Å². The van der Waals surface area contributed by atoms with Crippen molar-refractivity contribution in [1.29, 1.82) is 0 Å². The van der Waals surface area contributed by atoms with Gasteiger partial charge in [0.15, 0.2) is 5.69 Å². The molecule has 0 aliphatic heterocycles. The van der Waals surface area contributed by atoms with Crippen molar-refractivity contribution in [3.8, 4) is 0 Å². The second-order valence-electron chi connectivity index (χ2n) is 4.33. The van der Waals surface area contributed by atoms with Gasteiger partial charge >= 0.3 is 6.18 Å². The van der Waals surface area contributed by atoms with Crippen molar-refractivity contribution in [2.75, 3.05) is 12.0 Å². The third-order valence-corrected chi connectivity index (χ3v) is 3.55. The first-order chi connectivity index (χ1) is 9.84. The lowest BCUT2D eigenvalue weighted by atomic mass is 9.98. The molecule has 0 atom stereocenters. The Morgan fingerprint density at radius 2 is 1.77 bits per heavy atom. The first-order valence-electron chi connectivity index (χ1n) is 5.54. The molecule has 0 bridgehead atoms. The molecule has 1 aromatic rings. The lowest BCUT2D eigenvalue weighted by Gasteiger charge is -2.20. The number of carboxylic acid groups (broad SMARTS) is 2. The Balaban J connectivity index is 3.65. The van der Waals surface area contributed by atoms with Crippen molar-refractivity contribution in [2.24, 2.45) is 0 Å². The van der Waals surface area contributed by atoms with Crippen LogP contribution in [0.15, 0.2) is 6.20 Å². The van der Waals surface area contributed by atoms with Crippen molar-refractivity contribution >= 4 is 21.8 Å². The number of aromatic nitrogens is 1. The maximum Gasteiger partial charge on any atom is 0.434 e. The fourth-order valence-corrected chi connectivity index (χ4v) is 2.28. The lowest BCUT2D eigenvalue weighted by Crippen LogP contribution is -2.32. The summed E-state index contributed by atoms with van der Waals surface area (Å²) in [5, 5.41) is 21.9. The first-order valence-corrected chi connectivity index (χ1v) is 7.60. The van der Waals surface area contributed by atoms with Gasteiger partial charge < -0.3 is 19.8 Å². The van der Waals surface area contributed by atoms with Crippen LogP contribution in [0, 0.1) is 0 Å². The zero-order valence-corrected chi connectivity index (χ0v) is 11.7. The van der Waals surface area contributed by atoms with Gasteiger partial charge in [-0.15, -0.1) is 0 Å². The molecule has 0 aliphatic rings. The van der Waals surface area contributed by atoms with Gasteiger partial charge in [0.1, 0.15) is 9.84 Å². The number of alkyl halides is 3. The number of nitrogens with zero attached hydrogens (tertiary/aromatic N) is 1. The predicted molar refractivity (Wildman–Crippen MR) is 61.3 cm³/mol. The summed E-state index contributed by atoms with van der Waals surface area (Å²) in [5.74, 6) is -5.05. The first kappa shape index (κ1) is 17.9. The number of halogens is 3. The van der Waals surface area contributed by atoms with E-state index in [4.69, 9.17) is 0 Å². The number of sulfone groups is 1. The Morgan fingerprint density at radius 3 is 2.14 bits per heavy atom. The van der Waals surface area contributed by atoms with E-state index in [9.17, 15) is 41.4 Å². The molecule has 0 fully saturated rings. The third kappa shape index (κ3) is 4.16. The van der Waals surface area contributed by atoms with Crippen LogP contribution < -0.4 is 10.2 Å². The summed E-state index contributed by atoms with van der Waals surface area (Å²) in [6, 6.07) is 0. The molecule has 0 radical (unpaired) electrons. The highest BCUT2D eigenvalue weighted by Gasteiger charge is 2.37. The molecule has 1 heterocycles. The number of carboxylic acids is 2. The molecule has 122 valence electrons. The standard InChI is InChI=1S/C11H10F3NO6S/c1-22(20,21)3-2-5-6(9(16)17)4-15-8(11(12,13)14)7(5)10(18)19/h4H,2-3H2,1H3,(H,16,17)(H,18,19)/p-2. The Hall–Kier alpha value is -2.17. The van der Waals surface area contributed by atoms with Crippen LogP contribution in [0.2, 0.25) is 0 Å². The smallest absolute Gasteiger partial charge is 0.434 e. The number of aromatic carboxylic acids is 2. The Morgan fingerprint density at radius 1 is 1.23 bits per heavy atom. The van der Waals surface area contributed by atoms with Crippen LogP contribution in [0.25, 0.3) is 0 Å². The molecule has 0 unspecified atom stereocenters. The van der Waals surface area contributed by atoms with Crippen LogP contribution in [0.1, 0.15) is 32.0 Å². The summed E-state index contributed by atoms with van der Waals surface area (Å²) in [6.45, 7) is 0. The summed E-state index contributed by atoms with van der Waals surface area (Å²) in [6.07, 6.45) is -4.91. The predicted octanol–water partition coefficient (Wildman–Crippen LogP) is -1.59. The van der Waals surface area contributed by atoms with Crippen molar-refractivity contribution in [3.63, 3.8) is 0 Å². The van der Waals surface area contributed by atoms with E-state index in [0.717, 1.165) is 6.26 Å².